The summed E-state index contributed by atoms with van der Waals surface area (Å²) >= 11 is 0. The number of carbonyl (C=O) groups excluding carboxylic acids is 2. The summed E-state index contributed by atoms with van der Waals surface area (Å²) in [7, 11) is 0. The number of hydrogen-bond donors (Lipinski definition) is 1. The lowest BCUT2D eigenvalue weighted by Gasteiger charge is -2.42. The van der Waals surface area contributed by atoms with E-state index in [2.05, 4.69) is 0 Å². The lowest BCUT2D eigenvalue weighted by Crippen LogP contribution is -2.53. The third kappa shape index (κ3) is 2.34. The molecule has 4 saturated carbocycles. The van der Waals surface area contributed by atoms with Crippen molar-refractivity contribution in [1.82, 2.24) is 0 Å². The van der Waals surface area contributed by atoms with Crippen molar-refractivity contribution in [3.05, 3.63) is 29.8 Å². The minimum absolute atomic E-state index is 0.0806. The second-order valence-electron chi connectivity index (χ2n) is 8.78. The molecular formula is C20H17F6NO3. The zero-order valence-corrected chi connectivity index (χ0v) is 15.4. The van der Waals surface area contributed by atoms with Gasteiger partial charge in [0.05, 0.1) is 17.5 Å². The van der Waals surface area contributed by atoms with Gasteiger partial charge in [-0.25, -0.2) is 0 Å². The van der Waals surface area contributed by atoms with E-state index in [-0.39, 0.29) is 17.5 Å². The molecule has 1 heterocycles. The van der Waals surface area contributed by atoms with Gasteiger partial charge in [0, 0.05) is 5.56 Å². The summed E-state index contributed by atoms with van der Waals surface area (Å²) in [5.74, 6) is -0.656. The number of carbonyl (C=O) groups is 2. The van der Waals surface area contributed by atoms with E-state index in [0.29, 0.717) is 24.0 Å². The minimum atomic E-state index is -6.00. The molecule has 0 aromatic heterocycles. The summed E-state index contributed by atoms with van der Waals surface area (Å²) in [6.07, 6.45) is -9.25. The number of benzene rings is 1. The van der Waals surface area contributed by atoms with Crippen molar-refractivity contribution in [1.29, 1.82) is 0 Å². The molecule has 0 unspecified atom stereocenters. The number of rotatable bonds is 2. The molecule has 1 saturated heterocycles. The van der Waals surface area contributed by atoms with Crippen molar-refractivity contribution < 1.29 is 41.0 Å². The van der Waals surface area contributed by atoms with Gasteiger partial charge in [0.25, 0.3) is 5.60 Å². The van der Waals surface area contributed by atoms with Gasteiger partial charge < -0.3 is 5.11 Å². The Labute approximate surface area is 166 Å². The van der Waals surface area contributed by atoms with E-state index in [0.717, 1.165) is 36.3 Å². The summed E-state index contributed by atoms with van der Waals surface area (Å²) in [5, 5.41) is 9.50. The zero-order chi connectivity index (χ0) is 21.8. The maximum Gasteiger partial charge on any atom is 0.430 e. The Balaban J connectivity index is 1.48. The molecule has 0 radical (unpaired) electrons. The summed E-state index contributed by atoms with van der Waals surface area (Å²) in [6, 6.07) is 2.64. The van der Waals surface area contributed by atoms with Crippen molar-refractivity contribution in [2.75, 3.05) is 4.90 Å². The fourth-order valence-corrected chi connectivity index (χ4v) is 6.13. The average molecular weight is 433 g/mol. The molecule has 5 aliphatic rings. The van der Waals surface area contributed by atoms with Crippen LogP contribution in [0.15, 0.2) is 24.3 Å². The van der Waals surface area contributed by atoms with Crippen LogP contribution in [0.1, 0.15) is 24.8 Å². The minimum Gasteiger partial charge on any atom is -0.369 e. The van der Waals surface area contributed by atoms with Crippen LogP contribution in [0, 0.1) is 35.5 Å². The molecule has 4 nitrogen and oxygen atoms in total. The quantitative estimate of drug-likeness (QED) is 0.571. The van der Waals surface area contributed by atoms with Crippen molar-refractivity contribution in [3.8, 4) is 0 Å². The molecule has 2 amide bonds. The number of fused-ring (bicyclic) bond motifs is 1. The maximum absolute atomic E-state index is 13.1. The van der Waals surface area contributed by atoms with E-state index in [4.69, 9.17) is 0 Å². The fraction of sp³-hybridized carbons (Fsp3) is 0.600. The molecule has 1 aromatic carbocycles. The molecule has 0 spiro atoms. The number of anilines is 1. The van der Waals surface area contributed by atoms with E-state index in [9.17, 15) is 41.0 Å². The van der Waals surface area contributed by atoms with Gasteiger partial charge in [-0.2, -0.15) is 26.3 Å². The first-order valence-corrected chi connectivity index (χ1v) is 9.72. The number of amides is 2. The van der Waals surface area contributed by atoms with Crippen molar-refractivity contribution >= 4 is 17.5 Å². The summed E-state index contributed by atoms with van der Waals surface area (Å²) < 4.78 is 78.3. The Bertz CT molecular complexity index is 876. The van der Waals surface area contributed by atoms with Crippen LogP contribution in [-0.2, 0) is 15.2 Å². The van der Waals surface area contributed by atoms with E-state index in [1.165, 1.54) is 0 Å². The Morgan fingerprint density at radius 3 is 1.60 bits per heavy atom. The van der Waals surface area contributed by atoms with E-state index in [1.807, 2.05) is 0 Å². The van der Waals surface area contributed by atoms with Crippen molar-refractivity contribution in [3.63, 3.8) is 0 Å². The Morgan fingerprint density at radius 2 is 1.20 bits per heavy atom. The highest BCUT2D eigenvalue weighted by molar-refractivity contribution is 6.22. The molecule has 5 fully saturated rings. The van der Waals surface area contributed by atoms with Gasteiger partial charge in [-0.15, -0.1) is 0 Å². The first-order chi connectivity index (χ1) is 13.9. The number of hydrogen-bond acceptors (Lipinski definition) is 3. The first kappa shape index (κ1) is 19.8. The highest BCUT2D eigenvalue weighted by Crippen LogP contribution is 2.68. The van der Waals surface area contributed by atoms with E-state index < -0.39 is 47.2 Å². The van der Waals surface area contributed by atoms with Crippen LogP contribution in [0.3, 0.4) is 0 Å². The third-order valence-electron chi connectivity index (χ3n) is 7.51. The van der Waals surface area contributed by atoms with Crippen molar-refractivity contribution in [2.45, 2.75) is 37.2 Å². The molecular weight excluding hydrogens is 416 g/mol. The monoisotopic (exact) mass is 433 g/mol. The fourth-order valence-electron chi connectivity index (χ4n) is 6.13. The molecule has 2 bridgehead atoms. The van der Waals surface area contributed by atoms with Crippen molar-refractivity contribution in [2.24, 2.45) is 35.5 Å². The highest BCUT2D eigenvalue weighted by Gasteiger charge is 2.72. The number of halogens is 6. The first-order valence-electron chi connectivity index (χ1n) is 9.72. The van der Waals surface area contributed by atoms with Gasteiger partial charge in [-0.1, -0.05) is 12.1 Å². The Hall–Kier alpha value is -2.10. The SMILES string of the molecule is O=C1[C@@H]2[C@@H]3CC[C@@H]([C@H]4C[C@H]43)[C@@H]2C(=O)N1c1ccc(C(O)(C(F)(F)F)C(F)(F)F)cc1. The topological polar surface area (TPSA) is 57.6 Å². The van der Waals surface area contributed by atoms with Crippen LogP contribution in [0.4, 0.5) is 32.0 Å². The lowest BCUT2D eigenvalue weighted by molar-refractivity contribution is -0.376. The van der Waals surface area contributed by atoms with Crippen LogP contribution in [0.25, 0.3) is 0 Å². The van der Waals surface area contributed by atoms with Crippen LogP contribution in [0.5, 0.6) is 0 Å². The van der Waals surface area contributed by atoms with E-state index in [1.54, 1.807) is 0 Å². The van der Waals surface area contributed by atoms with Gasteiger partial charge in [0.1, 0.15) is 0 Å². The van der Waals surface area contributed by atoms with E-state index >= 15 is 0 Å². The molecule has 162 valence electrons. The van der Waals surface area contributed by atoms with Gasteiger partial charge in [-0.3, -0.25) is 14.5 Å². The molecule has 1 aliphatic heterocycles. The Morgan fingerprint density at radius 1 is 0.767 bits per heavy atom. The second kappa shape index (κ2) is 5.77. The summed E-state index contributed by atoms with van der Waals surface area (Å²) in [5.41, 5.74) is -6.56. The largest absolute Gasteiger partial charge is 0.430 e. The van der Waals surface area contributed by atoms with Crippen LogP contribution >= 0.6 is 0 Å². The zero-order valence-electron chi connectivity index (χ0n) is 15.4. The molecule has 4 aliphatic carbocycles. The lowest BCUT2D eigenvalue weighted by atomic mass is 9.59. The van der Waals surface area contributed by atoms with Gasteiger partial charge in [0.2, 0.25) is 11.8 Å². The number of nitrogens with zero attached hydrogens (tertiary/aromatic N) is 1. The number of aliphatic hydroxyl groups is 1. The standard InChI is InChI=1S/C20H17F6NO3/c21-19(22,23)18(30,20(24,25)26)8-1-3-9(4-2-8)27-16(28)14-10-5-6-11(13-7-12(10)13)15(14)17(27)29/h1-4,10-15,30H,5-7H2/t10-,11+,12+,13-,14-,15+. The molecule has 10 heteroatoms. The highest BCUT2D eigenvalue weighted by atomic mass is 19.4. The second-order valence-corrected chi connectivity index (χ2v) is 8.78. The molecule has 6 rings (SSSR count). The number of alkyl halides is 6. The summed E-state index contributed by atoms with van der Waals surface area (Å²) in [4.78, 5) is 26.9. The van der Waals surface area contributed by atoms with Crippen LogP contribution in [-0.4, -0.2) is 29.3 Å². The molecule has 6 atom stereocenters. The normalized spacial score (nSPS) is 35.5. The Kier molecular flexibility index (Phi) is 3.82. The maximum atomic E-state index is 13.1. The molecule has 1 aromatic rings. The van der Waals surface area contributed by atoms with Gasteiger partial charge in [0.15, 0.2) is 0 Å². The van der Waals surface area contributed by atoms with Crippen LogP contribution in [0.2, 0.25) is 0 Å². The average Bonchev–Trinajstić information content (AvgIpc) is 3.43. The third-order valence-corrected chi connectivity index (χ3v) is 7.51. The number of imide groups is 1. The predicted octanol–water partition coefficient (Wildman–Crippen LogP) is 3.78. The van der Waals surface area contributed by atoms with Gasteiger partial charge >= 0.3 is 12.4 Å². The smallest absolute Gasteiger partial charge is 0.369 e. The molecule has 30 heavy (non-hydrogen) atoms. The summed E-state index contributed by atoms with van der Waals surface area (Å²) in [6.45, 7) is 0. The molecule has 1 N–H and O–H groups in total. The predicted molar refractivity (Wildman–Crippen MR) is 89.7 cm³/mol. The van der Waals surface area contributed by atoms with Crippen LogP contribution < -0.4 is 4.90 Å². The van der Waals surface area contributed by atoms with Gasteiger partial charge in [-0.05, 0) is 55.1 Å².